The molecule has 0 fully saturated rings. The third-order valence-electron chi connectivity index (χ3n) is 2.90. The normalized spacial score (nSPS) is 20.0. The maximum Gasteiger partial charge on any atom is 0.0426 e. The smallest absolute Gasteiger partial charge is 0.0426 e. The summed E-state index contributed by atoms with van der Waals surface area (Å²) in [7, 11) is 0. The van der Waals surface area contributed by atoms with Crippen LogP contribution in [0.25, 0.3) is 0 Å². The van der Waals surface area contributed by atoms with Crippen molar-refractivity contribution >= 4 is 17.3 Å². The number of benzene rings is 1. The Balaban J connectivity index is 2.30. The molecule has 76 valence electrons. The second-order valence-corrected chi connectivity index (χ2v) is 4.37. The van der Waals surface area contributed by atoms with Gasteiger partial charge >= 0.3 is 0 Å². The van der Waals surface area contributed by atoms with Crippen LogP contribution in [0.4, 0.5) is 5.69 Å². The summed E-state index contributed by atoms with van der Waals surface area (Å²) in [5, 5.41) is 4.23. The van der Waals surface area contributed by atoms with E-state index in [0.29, 0.717) is 0 Å². The molecule has 1 aliphatic rings. The van der Waals surface area contributed by atoms with Gasteiger partial charge in [-0.15, -0.1) is 0 Å². The topological polar surface area (TPSA) is 12.0 Å². The summed E-state index contributed by atoms with van der Waals surface area (Å²) in [6, 6.07) is 6.21. The van der Waals surface area contributed by atoms with Gasteiger partial charge in [0.25, 0.3) is 0 Å². The number of halogens is 1. The van der Waals surface area contributed by atoms with Gasteiger partial charge in [0.05, 0.1) is 0 Å². The minimum absolute atomic E-state index is 0.730. The highest BCUT2D eigenvalue weighted by Gasteiger charge is 2.18. The van der Waals surface area contributed by atoms with E-state index in [1.54, 1.807) is 0 Å². The fraction of sp³-hybridized carbons (Fsp3) is 0.500. The van der Waals surface area contributed by atoms with Gasteiger partial charge in [0.1, 0.15) is 0 Å². The first-order valence-electron chi connectivity index (χ1n) is 5.34. The van der Waals surface area contributed by atoms with E-state index in [1.165, 1.54) is 30.5 Å². The van der Waals surface area contributed by atoms with Crippen molar-refractivity contribution in [1.82, 2.24) is 0 Å². The van der Waals surface area contributed by atoms with Crippen LogP contribution in [0.3, 0.4) is 0 Å². The molecule has 0 saturated carbocycles. The number of hydrogen-bond acceptors (Lipinski definition) is 1. The molecule has 0 radical (unpaired) electrons. The zero-order valence-corrected chi connectivity index (χ0v) is 9.27. The second-order valence-electron chi connectivity index (χ2n) is 3.93. The third-order valence-corrected chi connectivity index (χ3v) is 3.14. The largest absolute Gasteiger partial charge is 0.385 e. The highest BCUT2D eigenvalue weighted by molar-refractivity contribution is 6.30. The Labute approximate surface area is 90.5 Å². The highest BCUT2D eigenvalue weighted by atomic mass is 35.5. The molecule has 2 rings (SSSR count). The summed E-state index contributed by atoms with van der Waals surface area (Å²) >= 11 is 5.96. The fourth-order valence-corrected chi connectivity index (χ4v) is 2.39. The summed E-state index contributed by atoms with van der Waals surface area (Å²) in [6.45, 7) is 3.33. The van der Waals surface area contributed by atoms with Crippen molar-refractivity contribution in [2.75, 3.05) is 11.9 Å². The van der Waals surface area contributed by atoms with E-state index in [9.17, 15) is 0 Å². The first kappa shape index (κ1) is 9.85. The molecule has 1 N–H and O–H groups in total. The minimum atomic E-state index is 0.730. The Bertz CT molecular complexity index is 322. The molecule has 2 heteroatoms. The van der Waals surface area contributed by atoms with Crippen molar-refractivity contribution in [2.24, 2.45) is 0 Å². The first-order chi connectivity index (χ1) is 6.81. The van der Waals surface area contributed by atoms with Gasteiger partial charge in [-0.3, -0.25) is 0 Å². The minimum Gasteiger partial charge on any atom is -0.385 e. The van der Waals surface area contributed by atoms with Crippen LogP contribution >= 0.6 is 11.6 Å². The monoisotopic (exact) mass is 209 g/mol. The number of rotatable bonds is 2. The zero-order chi connectivity index (χ0) is 9.97. The van der Waals surface area contributed by atoms with Gasteiger partial charge in [-0.2, -0.15) is 0 Å². The van der Waals surface area contributed by atoms with Gasteiger partial charge in [-0.05, 0) is 36.5 Å². The van der Waals surface area contributed by atoms with Gasteiger partial charge in [0, 0.05) is 17.3 Å². The van der Waals surface area contributed by atoms with Crippen LogP contribution in [0.1, 0.15) is 37.7 Å². The van der Waals surface area contributed by atoms with Crippen LogP contribution in [0.5, 0.6) is 0 Å². The van der Waals surface area contributed by atoms with E-state index in [-0.39, 0.29) is 0 Å². The highest BCUT2D eigenvalue weighted by Crippen LogP contribution is 2.35. The van der Waals surface area contributed by atoms with Crippen molar-refractivity contribution in [2.45, 2.75) is 32.1 Å². The Morgan fingerprint density at radius 2 is 2.36 bits per heavy atom. The molecule has 1 heterocycles. The maximum atomic E-state index is 5.96. The lowest BCUT2D eigenvalue weighted by Crippen LogP contribution is -2.16. The summed E-state index contributed by atoms with van der Waals surface area (Å²) < 4.78 is 0. The summed E-state index contributed by atoms with van der Waals surface area (Å²) in [5.74, 6) is 0.730. The number of fused-ring (bicyclic) bond motifs is 1. The molecule has 0 saturated heterocycles. The molecule has 0 amide bonds. The van der Waals surface area contributed by atoms with Gasteiger partial charge in [0.2, 0.25) is 0 Å². The second kappa shape index (κ2) is 4.22. The van der Waals surface area contributed by atoms with Crippen LogP contribution in [0, 0.1) is 0 Å². The van der Waals surface area contributed by atoms with E-state index >= 15 is 0 Å². The summed E-state index contributed by atoms with van der Waals surface area (Å²) in [5.41, 5.74) is 2.68. The molecule has 1 atom stereocenters. The van der Waals surface area contributed by atoms with Crippen LogP contribution in [-0.4, -0.2) is 6.54 Å². The van der Waals surface area contributed by atoms with Crippen LogP contribution < -0.4 is 5.32 Å². The van der Waals surface area contributed by atoms with Crippen LogP contribution in [-0.2, 0) is 0 Å². The molecule has 1 nitrogen and oxygen atoms in total. The van der Waals surface area contributed by atoms with Crippen LogP contribution in [0.2, 0.25) is 5.02 Å². The van der Waals surface area contributed by atoms with Gasteiger partial charge in [-0.25, -0.2) is 0 Å². The molecular formula is C12H16ClN. The van der Waals surface area contributed by atoms with Gasteiger partial charge in [0.15, 0.2) is 0 Å². The molecule has 1 aromatic rings. The van der Waals surface area contributed by atoms with Crippen LogP contribution in [0.15, 0.2) is 18.2 Å². The third kappa shape index (κ3) is 1.88. The Hall–Kier alpha value is -0.690. The Morgan fingerprint density at radius 3 is 3.14 bits per heavy atom. The molecule has 14 heavy (non-hydrogen) atoms. The standard InChI is InChI=1S/C12H16ClN/c1-2-3-9-6-7-14-12-8-10(13)4-5-11(9)12/h4-5,8-9,14H,2-3,6-7H2,1H3. The molecule has 1 unspecified atom stereocenters. The quantitative estimate of drug-likeness (QED) is 0.775. The number of anilines is 1. The van der Waals surface area contributed by atoms with Crippen molar-refractivity contribution in [1.29, 1.82) is 0 Å². The van der Waals surface area contributed by atoms with E-state index in [1.807, 2.05) is 12.1 Å². The van der Waals surface area contributed by atoms with Crippen molar-refractivity contribution in [3.63, 3.8) is 0 Å². The Morgan fingerprint density at radius 1 is 1.50 bits per heavy atom. The Kier molecular flexibility index (Phi) is 2.97. The average molecular weight is 210 g/mol. The fourth-order valence-electron chi connectivity index (χ4n) is 2.22. The van der Waals surface area contributed by atoms with Crippen molar-refractivity contribution in [3.05, 3.63) is 28.8 Å². The molecule has 1 aromatic carbocycles. The lowest BCUT2D eigenvalue weighted by atomic mass is 9.88. The lowest BCUT2D eigenvalue weighted by Gasteiger charge is -2.26. The molecule has 0 aromatic heterocycles. The predicted octanol–water partition coefficient (Wildman–Crippen LogP) is 4.04. The van der Waals surface area contributed by atoms with E-state index < -0.39 is 0 Å². The molecular weight excluding hydrogens is 194 g/mol. The first-order valence-corrected chi connectivity index (χ1v) is 5.72. The molecule has 0 bridgehead atoms. The van der Waals surface area contributed by atoms with E-state index in [0.717, 1.165) is 17.5 Å². The summed E-state index contributed by atoms with van der Waals surface area (Å²) in [4.78, 5) is 0. The molecule has 0 aliphatic carbocycles. The molecule has 0 spiro atoms. The van der Waals surface area contributed by atoms with Gasteiger partial charge in [-0.1, -0.05) is 31.0 Å². The number of hydrogen-bond donors (Lipinski definition) is 1. The SMILES string of the molecule is CCCC1CCNc2cc(Cl)ccc21. The average Bonchev–Trinajstić information content (AvgIpc) is 2.18. The molecule has 1 aliphatic heterocycles. The predicted molar refractivity (Wildman–Crippen MR) is 62.2 cm³/mol. The number of nitrogens with one attached hydrogen (secondary N) is 1. The zero-order valence-electron chi connectivity index (χ0n) is 8.52. The van der Waals surface area contributed by atoms with Crippen molar-refractivity contribution in [3.8, 4) is 0 Å². The van der Waals surface area contributed by atoms with Gasteiger partial charge < -0.3 is 5.32 Å². The maximum absolute atomic E-state index is 5.96. The lowest BCUT2D eigenvalue weighted by molar-refractivity contribution is 0.571. The van der Waals surface area contributed by atoms with E-state index in [4.69, 9.17) is 11.6 Å². The van der Waals surface area contributed by atoms with E-state index in [2.05, 4.69) is 18.3 Å². The summed E-state index contributed by atoms with van der Waals surface area (Å²) in [6.07, 6.45) is 3.80. The van der Waals surface area contributed by atoms with Crippen molar-refractivity contribution < 1.29 is 0 Å².